The summed E-state index contributed by atoms with van der Waals surface area (Å²) in [5, 5.41) is 2.12. The maximum absolute atomic E-state index is 12.7. The van der Waals surface area contributed by atoms with Crippen molar-refractivity contribution < 1.29 is 4.79 Å². The van der Waals surface area contributed by atoms with Crippen LogP contribution < -0.4 is 0 Å². The molecular weight excluding hydrogens is 334 g/mol. The second-order valence-electron chi connectivity index (χ2n) is 5.19. The molecule has 20 heavy (non-hydrogen) atoms. The summed E-state index contributed by atoms with van der Waals surface area (Å²) in [4.78, 5) is 16.1. The van der Waals surface area contributed by atoms with Crippen LogP contribution >= 0.6 is 27.3 Å². The van der Waals surface area contributed by atoms with Crippen molar-refractivity contribution in [3.63, 3.8) is 0 Å². The second-order valence-corrected chi connectivity index (χ2v) is 7.04. The monoisotopic (exact) mass is 349 g/mol. The van der Waals surface area contributed by atoms with Crippen molar-refractivity contribution in [3.8, 4) is 0 Å². The zero-order chi connectivity index (χ0) is 14.3. The predicted octanol–water partition coefficient (Wildman–Crippen LogP) is 4.58. The Morgan fingerprint density at radius 2 is 2.20 bits per heavy atom. The van der Waals surface area contributed by atoms with E-state index in [9.17, 15) is 4.79 Å². The molecule has 0 saturated carbocycles. The van der Waals surface area contributed by atoms with E-state index in [0.717, 1.165) is 28.6 Å². The highest BCUT2D eigenvalue weighted by Crippen LogP contribution is 2.34. The lowest BCUT2D eigenvalue weighted by atomic mass is 10.00. The van der Waals surface area contributed by atoms with Gasteiger partial charge in [-0.2, -0.15) is 0 Å². The lowest BCUT2D eigenvalue weighted by molar-refractivity contribution is 0.0679. The highest BCUT2D eigenvalue weighted by atomic mass is 79.9. The molecule has 0 N–H and O–H groups in total. The zero-order valence-electron chi connectivity index (χ0n) is 11.5. The Morgan fingerprint density at radius 3 is 2.95 bits per heavy atom. The van der Waals surface area contributed by atoms with Gasteiger partial charge in [0.2, 0.25) is 0 Å². The standard InChI is InChI=1S/C16H16BrNOS/c1-10-3-4-12(9-14(10)17)16(19)18-7-5-15-13(11(18)2)6-8-20-15/h3-4,6,8-9,11H,5,7H2,1-2H3. The molecule has 0 aliphatic carbocycles. The normalized spacial score (nSPS) is 17.9. The molecule has 2 aromatic rings. The molecule has 1 aromatic heterocycles. The number of halogens is 1. The van der Waals surface area contributed by atoms with Gasteiger partial charge in [-0.05, 0) is 55.0 Å². The van der Waals surface area contributed by atoms with Crippen LogP contribution in [0.25, 0.3) is 0 Å². The molecule has 0 bridgehead atoms. The number of aryl methyl sites for hydroxylation is 1. The Kier molecular flexibility index (Phi) is 3.69. The number of thiophene rings is 1. The number of fused-ring (bicyclic) bond motifs is 1. The molecular formula is C16H16BrNOS. The Morgan fingerprint density at radius 1 is 1.40 bits per heavy atom. The fourth-order valence-electron chi connectivity index (χ4n) is 2.68. The van der Waals surface area contributed by atoms with Crippen molar-refractivity contribution in [3.05, 3.63) is 55.7 Å². The predicted molar refractivity (Wildman–Crippen MR) is 86.4 cm³/mol. The van der Waals surface area contributed by atoms with Crippen LogP contribution in [0.1, 0.15) is 39.3 Å². The third kappa shape index (κ3) is 2.31. The van der Waals surface area contributed by atoms with Crippen molar-refractivity contribution >= 4 is 33.2 Å². The number of carbonyl (C=O) groups excluding carboxylic acids is 1. The second kappa shape index (κ2) is 5.34. The molecule has 0 spiro atoms. The summed E-state index contributed by atoms with van der Waals surface area (Å²) in [6, 6.07) is 8.14. The lowest BCUT2D eigenvalue weighted by Gasteiger charge is -2.33. The van der Waals surface area contributed by atoms with Gasteiger partial charge in [0.1, 0.15) is 0 Å². The van der Waals surface area contributed by atoms with Gasteiger partial charge in [-0.1, -0.05) is 22.0 Å². The van der Waals surface area contributed by atoms with E-state index >= 15 is 0 Å². The molecule has 0 saturated heterocycles. The average Bonchev–Trinajstić information content (AvgIpc) is 2.91. The van der Waals surface area contributed by atoms with Crippen molar-refractivity contribution in [2.24, 2.45) is 0 Å². The maximum atomic E-state index is 12.7. The van der Waals surface area contributed by atoms with Crippen molar-refractivity contribution in [2.45, 2.75) is 26.3 Å². The first-order valence-electron chi connectivity index (χ1n) is 6.71. The molecule has 4 heteroatoms. The third-order valence-corrected chi connectivity index (χ3v) is 5.81. The smallest absolute Gasteiger partial charge is 0.254 e. The topological polar surface area (TPSA) is 20.3 Å². The molecule has 3 rings (SSSR count). The number of nitrogens with zero attached hydrogens (tertiary/aromatic N) is 1. The summed E-state index contributed by atoms with van der Waals surface area (Å²) in [7, 11) is 0. The van der Waals surface area contributed by atoms with Gasteiger partial charge in [0.05, 0.1) is 6.04 Å². The quantitative estimate of drug-likeness (QED) is 0.737. The van der Waals surface area contributed by atoms with Gasteiger partial charge in [-0.25, -0.2) is 0 Å². The highest BCUT2D eigenvalue weighted by Gasteiger charge is 2.28. The SMILES string of the molecule is Cc1ccc(C(=O)N2CCc3sccc3C2C)cc1Br. The molecule has 1 atom stereocenters. The molecule has 1 unspecified atom stereocenters. The van der Waals surface area contributed by atoms with Crippen molar-refractivity contribution in [1.29, 1.82) is 0 Å². The number of benzene rings is 1. The minimum Gasteiger partial charge on any atom is -0.331 e. The van der Waals surface area contributed by atoms with Crippen LogP contribution in [0.4, 0.5) is 0 Å². The summed E-state index contributed by atoms with van der Waals surface area (Å²) >= 11 is 5.30. The van der Waals surface area contributed by atoms with Gasteiger partial charge in [-0.3, -0.25) is 4.79 Å². The minimum atomic E-state index is 0.120. The van der Waals surface area contributed by atoms with Gasteiger partial charge in [0.15, 0.2) is 0 Å². The average molecular weight is 350 g/mol. The molecule has 2 heterocycles. The van der Waals surface area contributed by atoms with Gasteiger partial charge in [0.25, 0.3) is 5.91 Å². The molecule has 0 radical (unpaired) electrons. The van der Waals surface area contributed by atoms with E-state index in [2.05, 4.69) is 34.3 Å². The van der Waals surface area contributed by atoms with E-state index in [1.54, 1.807) is 11.3 Å². The summed E-state index contributed by atoms with van der Waals surface area (Å²) in [6.45, 7) is 4.95. The Hall–Kier alpha value is -1.13. The van der Waals surface area contributed by atoms with Crippen LogP contribution in [0, 0.1) is 6.92 Å². The van der Waals surface area contributed by atoms with Gasteiger partial charge in [-0.15, -0.1) is 11.3 Å². The van der Waals surface area contributed by atoms with Crippen LogP contribution in [-0.4, -0.2) is 17.4 Å². The first-order chi connectivity index (χ1) is 9.58. The summed E-state index contributed by atoms with van der Waals surface area (Å²) in [6.07, 6.45) is 0.968. The van der Waals surface area contributed by atoms with Crippen LogP contribution in [0.2, 0.25) is 0 Å². The molecule has 1 amide bonds. The summed E-state index contributed by atoms with van der Waals surface area (Å²) < 4.78 is 0.990. The number of carbonyl (C=O) groups is 1. The number of amides is 1. The molecule has 1 aromatic carbocycles. The summed E-state index contributed by atoms with van der Waals surface area (Å²) in [5.74, 6) is 0.120. The number of hydrogen-bond acceptors (Lipinski definition) is 2. The fourth-order valence-corrected chi connectivity index (χ4v) is 4.02. The molecule has 2 nitrogen and oxygen atoms in total. The maximum Gasteiger partial charge on any atom is 0.254 e. The third-order valence-electron chi connectivity index (χ3n) is 3.96. The van der Waals surface area contributed by atoms with Crippen molar-refractivity contribution in [2.75, 3.05) is 6.54 Å². The molecule has 1 aliphatic heterocycles. The highest BCUT2D eigenvalue weighted by molar-refractivity contribution is 9.10. The van der Waals surface area contributed by atoms with E-state index in [0.29, 0.717) is 0 Å². The van der Waals surface area contributed by atoms with E-state index < -0.39 is 0 Å². The van der Waals surface area contributed by atoms with E-state index in [4.69, 9.17) is 0 Å². The largest absolute Gasteiger partial charge is 0.331 e. The Balaban J connectivity index is 1.90. The van der Waals surface area contributed by atoms with E-state index in [1.165, 1.54) is 10.4 Å². The Bertz CT molecular complexity index is 664. The zero-order valence-corrected chi connectivity index (χ0v) is 13.9. The van der Waals surface area contributed by atoms with Crippen LogP contribution in [0.5, 0.6) is 0 Å². The minimum absolute atomic E-state index is 0.120. The first kappa shape index (κ1) is 13.8. The molecule has 0 fully saturated rings. The number of rotatable bonds is 1. The van der Waals surface area contributed by atoms with Crippen LogP contribution in [0.3, 0.4) is 0 Å². The van der Waals surface area contributed by atoms with Gasteiger partial charge < -0.3 is 4.90 Å². The number of hydrogen-bond donors (Lipinski definition) is 0. The Labute approximate surface area is 131 Å². The van der Waals surface area contributed by atoms with E-state index in [-0.39, 0.29) is 11.9 Å². The van der Waals surface area contributed by atoms with Crippen LogP contribution in [0.15, 0.2) is 34.1 Å². The van der Waals surface area contributed by atoms with E-state index in [1.807, 2.05) is 30.0 Å². The van der Waals surface area contributed by atoms with Gasteiger partial charge in [0, 0.05) is 21.5 Å². The van der Waals surface area contributed by atoms with Gasteiger partial charge >= 0.3 is 0 Å². The van der Waals surface area contributed by atoms with Crippen molar-refractivity contribution in [1.82, 2.24) is 4.90 Å². The molecule has 104 valence electrons. The molecule has 1 aliphatic rings. The fraction of sp³-hybridized carbons (Fsp3) is 0.312. The first-order valence-corrected chi connectivity index (χ1v) is 8.38. The summed E-state index contributed by atoms with van der Waals surface area (Å²) in [5.41, 5.74) is 3.21. The van der Waals surface area contributed by atoms with Crippen LogP contribution in [-0.2, 0) is 6.42 Å². The lowest BCUT2D eigenvalue weighted by Crippen LogP contribution is -2.38.